The Labute approximate surface area is 149 Å². The Morgan fingerprint density at radius 2 is 2.12 bits per heavy atom. The molecule has 8 heteroatoms. The molecule has 0 radical (unpaired) electrons. The number of hydrogen-bond acceptors (Lipinski definition) is 6. The van der Waals surface area contributed by atoms with Gasteiger partial charge in [0.15, 0.2) is 11.5 Å². The summed E-state index contributed by atoms with van der Waals surface area (Å²) in [4.78, 5) is 12.3. The van der Waals surface area contributed by atoms with E-state index in [1.54, 1.807) is 23.9 Å². The molecule has 2 heterocycles. The zero-order valence-electron chi connectivity index (χ0n) is 14.2. The molecule has 0 aliphatic heterocycles. The largest absolute Gasteiger partial charge is 0.387 e. The van der Waals surface area contributed by atoms with Gasteiger partial charge in [0.2, 0.25) is 0 Å². The maximum absolute atomic E-state index is 12.3. The van der Waals surface area contributed by atoms with Crippen LogP contribution in [0.15, 0.2) is 47.1 Å². The fourth-order valence-corrected chi connectivity index (χ4v) is 2.96. The first kappa shape index (κ1) is 16.5. The first-order valence-electron chi connectivity index (χ1n) is 8.53. The van der Waals surface area contributed by atoms with Gasteiger partial charge < -0.3 is 14.9 Å². The van der Waals surface area contributed by atoms with E-state index in [1.165, 1.54) is 0 Å². The molecule has 1 atom stereocenters. The predicted octanol–water partition coefficient (Wildman–Crippen LogP) is 2.12. The minimum absolute atomic E-state index is 0.0589. The van der Waals surface area contributed by atoms with E-state index in [9.17, 15) is 9.90 Å². The van der Waals surface area contributed by atoms with Crippen LogP contribution in [-0.2, 0) is 0 Å². The Balaban J connectivity index is 1.33. The molecule has 0 saturated heterocycles. The van der Waals surface area contributed by atoms with Crippen LogP contribution in [0.3, 0.4) is 0 Å². The summed E-state index contributed by atoms with van der Waals surface area (Å²) in [5, 5.41) is 24.3. The fraction of sp³-hybridized carbons (Fsp3) is 0.333. The van der Waals surface area contributed by atoms with Crippen LogP contribution in [0.4, 0.5) is 0 Å². The van der Waals surface area contributed by atoms with Gasteiger partial charge in [-0.25, -0.2) is 4.68 Å². The lowest BCUT2D eigenvalue weighted by Crippen LogP contribution is -2.45. The lowest BCUT2D eigenvalue weighted by atomic mass is 9.87. The number of nitrogens with zero attached hydrogens (tertiary/aromatic N) is 4. The number of nitrogens with one attached hydrogen (secondary N) is 1. The monoisotopic (exact) mass is 353 g/mol. The second kappa shape index (κ2) is 6.72. The standard InChI is InChI=1S/C18H19N5O3/c1-11(24)16-10-23(22-20-16)14-7-13(8-14)19-18(25)15-9-17(26-21-15)12-5-3-2-4-6-12/h2-6,9-11,13-14,24H,7-8H2,1H3,(H,19,25)/t11-,13-,14-/m1/s1. The molecule has 0 unspecified atom stereocenters. The third-order valence-electron chi connectivity index (χ3n) is 4.58. The number of carbonyl (C=O) groups is 1. The van der Waals surface area contributed by atoms with Crippen LogP contribution in [0.2, 0.25) is 0 Å². The molecule has 1 aromatic carbocycles. The molecule has 1 amide bonds. The minimum Gasteiger partial charge on any atom is -0.387 e. The lowest BCUT2D eigenvalue weighted by molar-refractivity contribution is 0.0878. The number of aliphatic hydroxyl groups is 1. The molecule has 0 spiro atoms. The molecule has 1 fully saturated rings. The smallest absolute Gasteiger partial charge is 0.273 e. The van der Waals surface area contributed by atoms with Crippen molar-refractivity contribution in [3.05, 3.63) is 54.0 Å². The number of amides is 1. The highest BCUT2D eigenvalue weighted by Gasteiger charge is 2.33. The van der Waals surface area contributed by atoms with E-state index >= 15 is 0 Å². The van der Waals surface area contributed by atoms with Gasteiger partial charge in [-0.1, -0.05) is 40.7 Å². The van der Waals surface area contributed by atoms with E-state index in [-0.39, 0.29) is 23.7 Å². The molecule has 2 N–H and O–H groups in total. The van der Waals surface area contributed by atoms with Gasteiger partial charge in [-0.2, -0.15) is 0 Å². The molecule has 26 heavy (non-hydrogen) atoms. The Kier molecular flexibility index (Phi) is 4.26. The van der Waals surface area contributed by atoms with Crippen LogP contribution < -0.4 is 5.32 Å². The van der Waals surface area contributed by atoms with Gasteiger partial charge >= 0.3 is 0 Å². The molecular formula is C18H19N5O3. The van der Waals surface area contributed by atoms with Gasteiger partial charge in [-0.05, 0) is 19.8 Å². The van der Waals surface area contributed by atoms with Crippen molar-refractivity contribution in [2.45, 2.75) is 38.0 Å². The van der Waals surface area contributed by atoms with Crippen LogP contribution in [0, 0.1) is 0 Å². The first-order valence-corrected chi connectivity index (χ1v) is 8.53. The van der Waals surface area contributed by atoms with Crippen molar-refractivity contribution in [2.75, 3.05) is 0 Å². The summed E-state index contributed by atoms with van der Waals surface area (Å²) in [6.45, 7) is 1.65. The summed E-state index contributed by atoms with van der Waals surface area (Å²) in [5.41, 5.74) is 1.70. The van der Waals surface area contributed by atoms with E-state index < -0.39 is 6.10 Å². The Morgan fingerprint density at radius 1 is 1.35 bits per heavy atom. The van der Waals surface area contributed by atoms with Crippen molar-refractivity contribution in [3.8, 4) is 11.3 Å². The van der Waals surface area contributed by atoms with Gasteiger partial charge in [0.1, 0.15) is 5.69 Å². The van der Waals surface area contributed by atoms with Crippen molar-refractivity contribution in [2.24, 2.45) is 0 Å². The average molecular weight is 353 g/mol. The third kappa shape index (κ3) is 3.23. The average Bonchev–Trinajstić information content (AvgIpc) is 3.28. The molecule has 4 rings (SSSR count). The van der Waals surface area contributed by atoms with E-state index in [0.717, 1.165) is 18.4 Å². The SMILES string of the molecule is C[C@@H](O)c1cn([C@H]2C[C@H](NC(=O)c3cc(-c4ccccc4)on3)C2)nn1. The quantitative estimate of drug-likeness (QED) is 0.728. The van der Waals surface area contributed by atoms with Crippen molar-refractivity contribution in [1.82, 2.24) is 25.5 Å². The van der Waals surface area contributed by atoms with Crippen molar-refractivity contribution in [1.29, 1.82) is 0 Å². The number of hydrogen-bond donors (Lipinski definition) is 2. The van der Waals surface area contributed by atoms with Crippen LogP contribution >= 0.6 is 0 Å². The van der Waals surface area contributed by atoms with Crippen molar-refractivity contribution in [3.63, 3.8) is 0 Å². The van der Waals surface area contributed by atoms with Gasteiger partial charge in [-0.15, -0.1) is 5.10 Å². The molecule has 1 saturated carbocycles. The topological polar surface area (TPSA) is 106 Å². The number of carbonyl (C=O) groups excluding carboxylic acids is 1. The predicted molar refractivity (Wildman–Crippen MR) is 92.1 cm³/mol. The lowest BCUT2D eigenvalue weighted by Gasteiger charge is -2.35. The highest BCUT2D eigenvalue weighted by molar-refractivity contribution is 5.93. The van der Waals surface area contributed by atoms with Crippen LogP contribution in [0.25, 0.3) is 11.3 Å². The Hall–Kier alpha value is -3.00. The van der Waals surface area contributed by atoms with Crippen molar-refractivity contribution >= 4 is 5.91 Å². The number of aliphatic hydroxyl groups excluding tert-OH is 1. The molecule has 2 aromatic heterocycles. The fourth-order valence-electron chi connectivity index (χ4n) is 2.96. The molecule has 1 aliphatic rings. The molecular weight excluding hydrogens is 334 g/mol. The van der Waals surface area contributed by atoms with E-state index in [1.807, 2.05) is 30.3 Å². The van der Waals surface area contributed by atoms with Crippen LogP contribution in [0.1, 0.15) is 48.1 Å². The van der Waals surface area contributed by atoms with Gasteiger partial charge in [0.05, 0.1) is 18.3 Å². The number of rotatable bonds is 5. The summed E-state index contributed by atoms with van der Waals surface area (Å²) >= 11 is 0. The normalized spacial score (nSPS) is 20.4. The van der Waals surface area contributed by atoms with Gasteiger partial charge in [0.25, 0.3) is 5.91 Å². The molecule has 8 nitrogen and oxygen atoms in total. The number of benzene rings is 1. The maximum Gasteiger partial charge on any atom is 0.273 e. The van der Waals surface area contributed by atoms with E-state index in [0.29, 0.717) is 11.5 Å². The number of aromatic nitrogens is 4. The van der Waals surface area contributed by atoms with Crippen LogP contribution in [-0.4, -0.2) is 37.2 Å². The van der Waals surface area contributed by atoms with E-state index in [4.69, 9.17) is 4.52 Å². The van der Waals surface area contributed by atoms with Gasteiger partial charge in [-0.3, -0.25) is 4.79 Å². The summed E-state index contributed by atoms with van der Waals surface area (Å²) < 4.78 is 7.01. The maximum atomic E-state index is 12.3. The summed E-state index contributed by atoms with van der Waals surface area (Å²) in [5.74, 6) is 0.318. The molecule has 134 valence electrons. The third-order valence-corrected chi connectivity index (χ3v) is 4.58. The summed E-state index contributed by atoms with van der Waals surface area (Å²) in [6.07, 6.45) is 2.64. The highest BCUT2D eigenvalue weighted by Crippen LogP contribution is 2.32. The molecule has 3 aromatic rings. The van der Waals surface area contributed by atoms with E-state index in [2.05, 4.69) is 20.8 Å². The van der Waals surface area contributed by atoms with Crippen LogP contribution in [0.5, 0.6) is 0 Å². The Bertz CT molecular complexity index is 896. The minimum atomic E-state index is -0.634. The zero-order valence-corrected chi connectivity index (χ0v) is 14.2. The summed E-state index contributed by atoms with van der Waals surface area (Å²) in [6, 6.07) is 11.4. The zero-order chi connectivity index (χ0) is 18.1. The second-order valence-electron chi connectivity index (χ2n) is 6.54. The molecule has 1 aliphatic carbocycles. The second-order valence-corrected chi connectivity index (χ2v) is 6.54. The molecule has 0 bridgehead atoms. The first-order chi connectivity index (χ1) is 12.6. The Morgan fingerprint density at radius 3 is 2.81 bits per heavy atom. The van der Waals surface area contributed by atoms with Gasteiger partial charge in [0, 0.05) is 17.7 Å². The van der Waals surface area contributed by atoms with Crippen molar-refractivity contribution < 1.29 is 14.4 Å². The summed E-state index contributed by atoms with van der Waals surface area (Å²) in [7, 11) is 0. The highest BCUT2D eigenvalue weighted by atomic mass is 16.5.